The molecule has 3 nitrogen and oxygen atoms in total. The Morgan fingerprint density at radius 2 is 1.84 bits per heavy atom. The Balaban J connectivity index is 2.23. The molecule has 0 amide bonds. The minimum Gasteiger partial charge on any atom is -0.364 e. The monoisotopic (exact) mass is 285 g/mol. The van der Waals surface area contributed by atoms with Crippen molar-refractivity contribution in [1.29, 1.82) is 0 Å². The lowest BCUT2D eigenvalue weighted by molar-refractivity contribution is 0.178. The second-order valence-corrected chi connectivity index (χ2v) is 7.66. The highest BCUT2D eigenvalue weighted by Gasteiger charge is 2.20. The van der Waals surface area contributed by atoms with Gasteiger partial charge in [-0.15, -0.1) is 0 Å². The van der Waals surface area contributed by atoms with Crippen LogP contribution in [-0.2, 0) is 0 Å². The third-order valence-corrected chi connectivity index (χ3v) is 4.60. The summed E-state index contributed by atoms with van der Waals surface area (Å²) in [6.07, 6.45) is 1.27. The van der Waals surface area contributed by atoms with Gasteiger partial charge in [-0.05, 0) is 40.0 Å². The average Bonchev–Trinajstić information content (AvgIpc) is 2.70. The van der Waals surface area contributed by atoms with E-state index in [9.17, 15) is 0 Å². The highest BCUT2D eigenvalue weighted by molar-refractivity contribution is 8.14. The Labute approximate surface area is 123 Å². The van der Waals surface area contributed by atoms with Crippen molar-refractivity contribution in [2.24, 2.45) is 10.9 Å². The topological polar surface area (TPSA) is 27.6 Å². The molecule has 112 valence electrons. The molecule has 0 saturated carbocycles. The van der Waals surface area contributed by atoms with Gasteiger partial charge in [0.2, 0.25) is 0 Å². The van der Waals surface area contributed by atoms with Crippen LogP contribution >= 0.6 is 11.8 Å². The van der Waals surface area contributed by atoms with E-state index >= 15 is 0 Å². The van der Waals surface area contributed by atoms with Crippen LogP contribution in [0.3, 0.4) is 0 Å². The first kappa shape index (κ1) is 16.8. The molecule has 19 heavy (non-hydrogen) atoms. The molecule has 0 bridgehead atoms. The second kappa shape index (κ2) is 8.15. The number of nitrogens with zero attached hydrogens (tertiary/aromatic N) is 2. The summed E-state index contributed by atoms with van der Waals surface area (Å²) in [5.41, 5.74) is 0. The van der Waals surface area contributed by atoms with Gasteiger partial charge in [0.25, 0.3) is 0 Å². The number of hydrogen-bond acceptors (Lipinski definition) is 4. The van der Waals surface area contributed by atoms with Crippen LogP contribution in [-0.4, -0.2) is 47.0 Å². The lowest BCUT2D eigenvalue weighted by Crippen LogP contribution is -2.42. The molecule has 1 unspecified atom stereocenters. The summed E-state index contributed by atoms with van der Waals surface area (Å²) >= 11 is 1.93. The van der Waals surface area contributed by atoms with Crippen molar-refractivity contribution in [2.45, 2.75) is 65.3 Å². The van der Waals surface area contributed by atoms with Crippen LogP contribution in [0.2, 0.25) is 0 Å². The number of amidine groups is 1. The fraction of sp³-hybridized carbons (Fsp3) is 0.933. The van der Waals surface area contributed by atoms with E-state index < -0.39 is 0 Å². The molecule has 1 atom stereocenters. The van der Waals surface area contributed by atoms with Gasteiger partial charge in [0.15, 0.2) is 5.17 Å². The maximum absolute atomic E-state index is 4.61. The van der Waals surface area contributed by atoms with Crippen molar-refractivity contribution in [3.05, 3.63) is 0 Å². The number of rotatable bonds is 7. The van der Waals surface area contributed by atoms with E-state index in [2.05, 4.69) is 56.8 Å². The molecule has 0 aromatic heterocycles. The molecular formula is C15H31N3S. The molecular weight excluding hydrogens is 254 g/mol. The zero-order chi connectivity index (χ0) is 14.4. The van der Waals surface area contributed by atoms with Crippen molar-refractivity contribution in [1.82, 2.24) is 10.2 Å². The molecule has 0 radical (unpaired) electrons. The molecule has 1 N–H and O–H groups in total. The van der Waals surface area contributed by atoms with Crippen LogP contribution < -0.4 is 5.32 Å². The number of nitrogens with one attached hydrogen (secondary N) is 1. The summed E-state index contributed by atoms with van der Waals surface area (Å²) in [4.78, 5) is 7.12. The number of thioether (sulfide) groups is 1. The van der Waals surface area contributed by atoms with E-state index in [1.807, 2.05) is 11.8 Å². The van der Waals surface area contributed by atoms with Crippen molar-refractivity contribution in [3.63, 3.8) is 0 Å². The van der Waals surface area contributed by atoms with Crippen LogP contribution in [0, 0.1) is 5.92 Å². The van der Waals surface area contributed by atoms with E-state index in [-0.39, 0.29) is 0 Å². The van der Waals surface area contributed by atoms with E-state index in [0.717, 1.165) is 30.7 Å². The van der Waals surface area contributed by atoms with Gasteiger partial charge in [0.1, 0.15) is 0 Å². The molecule has 0 aliphatic carbocycles. The Bertz CT molecular complexity index is 279. The van der Waals surface area contributed by atoms with E-state index in [1.54, 1.807) is 0 Å². The van der Waals surface area contributed by atoms with Crippen molar-refractivity contribution < 1.29 is 0 Å². The molecule has 1 aliphatic rings. The van der Waals surface area contributed by atoms with Crippen LogP contribution in [0.1, 0.15) is 48.0 Å². The summed E-state index contributed by atoms with van der Waals surface area (Å²) in [5.74, 6) is 0.768. The maximum Gasteiger partial charge on any atom is 0.156 e. The van der Waals surface area contributed by atoms with Gasteiger partial charge in [-0.2, -0.15) is 0 Å². The van der Waals surface area contributed by atoms with Gasteiger partial charge in [0.05, 0.1) is 6.54 Å². The van der Waals surface area contributed by atoms with Crippen LogP contribution in [0.15, 0.2) is 4.99 Å². The Hall–Kier alpha value is -0.220. The fourth-order valence-electron chi connectivity index (χ4n) is 2.57. The van der Waals surface area contributed by atoms with Gasteiger partial charge in [0, 0.05) is 30.4 Å². The van der Waals surface area contributed by atoms with Gasteiger partial charge >= 0.3 is 0 Å². The lowest BCUT2D eigenvalue weighted by Gasteiger charge is -2.30. The second-order valence-electron chi connectivity index (χ2n) is 6.37. The fourth-order valence-corrected chi connectivity index (χ4v) is 3.85. The molecule has 1 rings (SSSR count). The molecule has 1 heterocycles. The maximum atomic E-state index is 4.61. The molecule has 0 fully saturated rings. The summed E-state index contributed by atoms with van der Waals surface area (Å²) in [6.45, 7) is 16.7. The molecule has 1 aliphatic heterocycles. The van der Waals surface area contributed by atoms with E-state index in [0.29, 0.717) is 17.3 Å². The van der Waals surface area contributed by atoms with Crippen LogP contribution in [0.4, 0.5) is 0 Å². The summed E-state index contributed by atoms with van der Waals surface area (Å²) in [5, 5.41) is 5.34. The largest absolute Gasteiger partial charge is 0.364 e. The first-order chi connectivity index (χ1) is 8.90. The third-order valence-electron chi connectivity index (χ3n) is 3.42. The lowest BCUT2D eigenvalue weighted by atomic mass is 10.1. The zero-order valence-corrected chi connectivity index (χ0v) is 14.3. The van der Waals surface area contributed by atoms with Crippen molar-refractivity contribution in [2.75, 3.05) is 19.6 Å². The van der Waals surface area contributed by atoms with Gasteiger partial charge in [-0.25, -0.2) is 0 Å². The minimum absolute atomic E-state index is 0.605. The number of hydrogen-bond donors (Lipinski definition) is 1. The first-order valence-electron chi connectivity index (χ1n) is 7.60. The summed E-state index contributed by atoms with van der Waals surface area (Å²) < 4.78 is 0. The van der Waals surface area contributed by atoms with Gasteiger partial charge < -0.3 is 5.32 Å². The van der Waals surface area contributed by atoms with Gasteiger partial charge in [-0.1, -0.05) is 25.6 Å². The third kappa shape index (κ3) is 6.17. The first-order valence-corrected chi connectivity index (χ1v) is 8.48. The molecule has 0 spiro atoms. The van der Waals surface area contributed by atoms with E-state index in [1.165, 1.54) is 6.42 Å². The Kier molecular flexibility index (Phi) is 7.22. The molecule has 0 aromatic rings. The standard InChI is InChI=1S/C15H31N3S/c1-11(2)9-14-10-17-15(19-14)16-7-8-18(12(3)4)13(5)6/h11-14H,7-10H2,1-6H3,(H,16,17). The highest BCUT2D eigenvalue weighted by Crippen LogP contribution is 2.25. The quantitative estimate of drug-likeness (QED) is 0.778. The SMILES string of the molecule is CC(C)CC1CN=C(NCCN(C(C)C)C(C)C)S1. The smallest absolute Gasteiger partial charge is 0.156 e. The normalized spacial score (nSPS) is 19.9. The predicted molar refractivity (Wildman–Crippen MR) is 88.1 cm³/mol. The zero-order valence-electron chi connectivity index (χ0n) is 13.4. The molecule has 0 aromatic carbocycles. The average molecular weight is 286 g/mol. The Morgan fingerprint density at radius 1 is 1.21 bits per heavy atom. The minimum atomic E-state index is 0.605. The van der Waals surface area contributed by atoms with Gasteiger partial charge in [-0.3, -0.25) is 9.89 Å². The predicted octanol–water partition coefficient (Wildman–Crippen LogP) is 3.21. The van der Waals surface area contributed by atoms with Crippen molar-refractivity contribution in [3.8, 4) is 0 Å². The molecule has 4 heteroatoms. The summed E-state index contributed by atoms with van der Waals surface area (Å²) in [6, 6.07) is 1.21. The molecule has 0 saturated heterocycles. The van der Waals surface area contributed by atoms with E-state index in [4.69, 9.17) is 0 Å². The highest BCUT2D eigenvalue weighted by atomic mass is 32.2. The number of aliphatic imine (C=N–C) groups is 1. The Morgan fingerprint density at radius 3 is 2.37 bits per heavy atom. The van der Waals surface area contributed by atoms with Crippen molar-refractivity contribution >= 4 is 16.9 Å². The van der Waals surface area contributed by atoms with Crippen LogP contribution in [0.5, 0.6) is 0 Å². The van der Waals surface area contributed by atoms with Crippen LogP contribution in [0.25, 0.3) is 0 Å². The summed E-state index contributed by atoms with van der Waals surface area (Å²) in [7, 11) is 0.